The number of hydrogen-bond acceptors (Lipinski definition) is 4. The van der Waals surface area contributed by atoms with E-state index in [2.05, 4.69) is 4.74 Å². The second kappa shape index (κ2) is 5.41. The van der Waals surface area contributed by atoms with E-state index in [1.807, 2.05) is 0 Å². The lowest BCUT2D eigenvalue weighted by molar-refractivity contribution is -0.121. The third-order valence-electron chi connectivity index (χ3n) is 2.63. The zero-order valence-corrected chi connectivity index (χ0v) is 9.33. The molecule has 1 unspecified atom stereocenters. The van der Waals surface area contributed by atoms with Crippen molar-refractivity contribution in [3.63, 3.8) is 0 Å². The number of carbonyl (C=O) groups excluding carboxylic acids is 1. The Kier molecular flexibility index (Phi) is 3.88. The number of benzene rings is 1. The Hall–Kier alpha value is -1.53. The van der Waals surface area contributed by atoms with Crippen molar-refractivity contribution in [3.8, 4) is 0 Å². The average Bonchev–Trinajstić information content (AvgIpc) is 2.64. The normalized spacial score (nSPS) is 31.3. The van der Waals surface area contributed by atoms with Crippen molar-refractivity contribution in [2.75, 3.05) is 6.61 Å². The van der Waals surface area contributed by atoms with Gasteiger partial charge < -0.3 is 14.6 Å². The van der Waals surface area contributed by atoms with Gasteiger partial charge in [-0.3, -0.25) is 0 Å². The molecular weight excluding hydrogens is 246 g/mol. The molecule has 1 N–H and O–H groups in total. The van der Waals surface area contributed by atoms with Gasteiger partial charge in [0.25, 0.3) is 0 Å². The number of alkyl halides is 2. The van der Waals surface area contributed by atoms with Gasteiger partial charge >= 0.3 is 5.97 Å². The average molecular weight is 258 g/mol. The van der Waals surface area contributed by atoms with E-state index in [9.17, 15) is 13.6 Å². The van der Waals surface area contributed by atoms with Crippen LogP contribution in [0.2, 0.25) is 0 Å². The molecule has 0 amide bonds. The smallest absolute Gasteiger partial charge is 0.338 e. The lowest BCUT2D eigenvalue weighted by Crippen LogP contribution is -2.29. The molecule has 1 aliphatic rings. The number of ether oxygens (including phenoxy) is 2. The van der Waals surface area contributed by atoms with Crippen LogP contribution in [-0.4, -0.2) is 42.4 Å². The standard InChI is InChI=1S/C12H12F2O4/c13-9-8(18-12(16)10(9)14)6-17-11(15)7-4-2-1-3-5-7/h1-5,8-10,12,16H,6H2/t8-,9-,10+,12?/m1/s1. The van der Waals surface area contributed by atoms with E-state index >= 15 is 0 Å². The summed E-state index contributed by atoms with van der Waals surface area (Å²) in [6, 6.07) is 8.12. The molecule has 1 aromatic rings. The summed E-state index contributed by atoms with van der Waals surface area (Å²) < 4.78 is 35.5. The van der Waals surface area contributed by atoms with Gasteiger partial charge in [-0.25, -0.2) is 13.6 Å². The van der Waals surface area contributed by atoms with E-state index in [0.29, 0.717) is 5.56 Å². The highest BCUT2D eigenvalue weighted by molar-refractivity contribution is 5.89. The van der Waals surface area contributed by atoms with Gasteiger partial charge in [-0.05, 0) is 12.1 Å². The Balaban J connectivity index is 1.88. The van der Waals surface area contributed by atoms with Crippen LogP contribution in [0.25, 0.3) is 0 Å². The van der Waals surface area contributed by atoms with Crippen LogP contribution in [0.4, 0.5) is 8.78 Å². The van der Waals surface area contributed by atoms with Gasteiger partial charge in [-0.15, -0.1) is 0 Å². The molecule has 0 bridgehead atoms. The summed E-state index contributed by atoms with van der Waals surface area (Å²) in [6.45, 7) is -0.438. The van der Waals surface area contributed by atoms with Gasteiger partial charge in [0, 0.05) is 0 Å². The molecule has 0 aromatic heterocycles. The molecule has 0 radical (unpaired) electrons. The Morgan fingerprint density at radius 3 is 2.50 bits per heavy atom. The van der Waals surface area contributed by atoms with Gasteiger partial charge in [0.15, 0.2) is 18.6 Å². The Morgan fingerprint density at radius 1 is 1.28 bits per heavy atom. The van der Waals surface area contributed by atoms with E-state index in [1.54, 1.807) is 18.2 Å². The minimum absolute atomic E-state index is 0.309. The lowest BCUT2D eigenvalue weighted by atomic mass is 10.2. The van der Waals surface area contributed by atoms with Crippen molar-refractivity contribution in [2.24, 2.45) is 0 Å². The van der Waals surface area contributed by atoms with Crippen LogP contribution in [0.15, 0.2) is 30.3 Å². The molecule has 0 spiro atoms. The van der Waals surface area contributed by atoms with Crippen molar-refractivity contribution in [3.05, 3.63) is 35.9 Å². The molecule has 1 aromatic carbocycles. The molecule has 1 aliphatic heterocycles. The van der Waals surface area contributed by atoms with Crippen LogP contribution in [0, 0.1) is 0 Å². The number of rotatable bonds is 3. The summed E-state index contributed by atoms with van der Waals surface area (Å²) in [7, 11) is 0. The number of aliphatic hydroxyl groups is 1. The highest BCUT2D eigenvalue weighted by Crippen LogP contribution is 2.25. The van der Waals surface area contributed by atoms with Crippen LogP contribution in [0.1, 0.15) is 10.4 Å². The Labute approximate surface area is 102 Å². The Morgan fingerprint density at radius 2 is 1.94 bits per heavy atom. The molecule has 0 saturated carbocycles. The molecule has 1 heterocycles. The SMILES string of the molecule is O=C(OC[C@H]1OC(O)[C@@H](F)[C@@H]1F)c1ccccc1. The molecule has 1 fully saturated rings. The fourth-order valence-corrected chi connectivity index (χ4v) is 1.64. The fourth-order valence-electron chi connectivity index (χ4n) is 1.64. The predicted octanol–water partition coefficient (Wildman–Crippen LogP) is 1.24. The molecule has 6 heteroatoms. The topological polar surface area (TPSA) is 55.8 Å². The highest BCUT2D eigenvalue weighted by Gasteiger charge is 2.45. The maximum absolute atomic E-state index is 13.2. The summed E-state index contributed by atoms with van der Waals surface area (Å²) in [4.78, 5) is 11.5. The molecule has 18 heavy (non-hydrogen) atoms. The zero-order valence-electron chi connectivity index (χ0n) is 9.33. The van der Waals surface area contributed by atoms with Gasteiger partial charge in [0.2, 0.25) is 0 Å². The van der Waals surface area contributed by atoms with Crippen molar-refractivity contribution in [1.82, 2.24) is 0 Å². The third-order valence-corrected chi connectivity index (χ3v) is 2.63. The lowest BCUT2D eigenvalue weighted by Gasteiger charge is -2.12. The summed E-state index contributed by atoms with van der Waals surface area (Å²) in [6.07, 6.45) is -7.18. The number of esters is 1. The first kappa shape index (κ1) is 12.9. The summed E-state index contributed by atoms with van der Waals surface area (Å²) >= 11 is 0. The van der Waals surface area contributed by atoms with E-state index < -0.39 is 37.3 Å². The van der Waals surface area contributed by atoms with Gasteiger partial charge in [0.05, 0.1) is 5.56 Å². The number of aliphatic hydroxyl groups excluding tert-OH is 1. The second-order valence-electron chi connectivity index (χ2n) is 3.92. The van der Waals surface area contributed by atoms with Crippen molar-refractivity contribution < 1.29 is 28.2 Å². The molecule has 1 saturated heterocycles. The molecule has 0 aliphatic carbocycles. The number of carbonyl (C=O) groups is 1. The third kappa shape index (κ3) is 2.65. The van der Waals surface area contributed by atoms with E-state index in [1.165, 1.54) is 12.1 Å². The molecule has 4 atom stereocenters. The van der Waals surface area contributed by atoms with Gasteiger partial charge in [0.1, 0.15) is 12.7 Å². The molecule has 2 rings (SSSR count). The van der Waals surface area contributed by atoms with Crippen LogP contribution >= 0.6 is 0 Å². The van der Waals surface area contributed by atoms with Crippen LogP contribution in [0.3, 0.4) is 0 Å². The molecule has 98 valence electrons. The van der Waals surface area contributed by atoms with E-state index in [-0.39, 0.29) is 0 Å². The van der Waals surface area contributed by atoms with E-state index in [4.69, 9.17) is 9.84 Å². The molecule has 4 nitrogen and oxygen atoms in total. The maximum Gasteiger partial charge on any atom is 0.338 e. The summed E-state index contributed by atoms with van der Waals surface area (Å²) in [5.74, 6) is -0.650. The van der Waals surface area contributed by atoms with Gasteiger partial charge in [-0.2, -0.15) is 0 Å². The van der Waals surface area contributed by atoms with Crippen LogP contribution < -0.4 is 0 Å². The first-order chi connectivity index (χ1) is 8.59. The first-order valence-electron chi connectivity index (χ1n) is 5.43. The zero-order chi connectivity index (χ0) is 13.1. The van der Waals surface area contributed by atoms with Crippen molar-refractivity contribution in [1.29, 1.82) is 0 Å². The van der Waals surface area contributed by atoms with Crippen molar-refractivity contribution >= 4 is 5.97 Å². The summed E-state index contributed by atoms with van der Waals surface area (Å²) in [5.41, 5.74) is 0.309. The predicted molar refractivity (Wildman–Crippen MR) is 57.4 cm³/mol. The molecular formula is C12H12F2O4. The quantitative estimate of drug-likeness (QED) is 0.829. The van der Waals surface area contributed by atoms with Crippen LogP contribution in [0.5, 0.6) is 0 Å². The fraction of sp³-hybridized carbons (Fsp3) is 0.417. The Bertz CT molecular complexity index is 412. The van der Waals surface area contributed by atoms with Crippen LogP contribution in [-0.2, 0) is 9.47 Å². The van der Waals surface area contributed by atoms with Gasteiger partial charge in [-0.1, -0.05) is 18.2 Å². The number of halogens is 2. The van der Waals surface area contributed by atoms with E-state index in [0.717, 1.165) is 0 Å². The second-order valence-corrected chi connectivity index (χ2v) is 3.92. The minimum atomic E-state index is -2.11. The monoisotopic (exact) mass is 258 g/mol. The maximum atomic E-state index is 13.2. The minimum Gasteiger partial charge on any atom is -0.459 e. The summed E-state index contributed by atoms with van der Waals surface area (Å²) in [5, 5.41) is 8.94. The highest BCUT2D eigenvalue weighted by atomic mass is 19.2. The largest absolute Gasteiger partial charge is 0.459 e. The first-order valence-corrected chi connectivity index (χ1v) is 5.43. The van der Waals surface area contributed by atoms with Crippen molar-refractivity contribution in [2.45, 2.75) is 24.7 Å². The number of hydrogen-bond donors (Lipinski definition) is 1.